The minimum Gasteiger partial charge on any atom is -0.494 e. The van der Waals surface area contributed by atoms with Gasteiger partial charge < -0.3 is 10.1 Å². The third-order valence-corrected chi connectivity index (χ3v) is 3.25. The van der Waals surface area contributed by atoms with Crippen LogP contribution in [-0.4, -0.2) is 13.7 Å². The van der Waals surface area contributed by atoms with E-state index in [4.69, 9.17) is 4.74 Å². The molecule has 1 aromatic rings. The fraction of sp³-hybridized carbons (Fsp3) is 0.538. The van der Waals surface area contributed by atoms with Crippen molar-refractivity contribution in [3.8, 4) is 5.75 Å². The summed E-state index contributed by atoms with van der Waals surface area (Å²) in [5, 5.41) is 3.38. The summed E-state index contributed by atoms with van der Waals surface area (Å²) in [5.74, 6) is 0.792. The molecule has 1 aromatic carbocycles. The van der Waals surface area contributed by atoms with Crippen LogP contribution in [0.2, 0.25) is 0 Å². The van der Waals surface area contributed by atoms with Gasteiger partial charge in [-0.1, -0.05) is 19.1 Å². The molecule has 1 aliphatic heterocycles. The van der Waals surface area contributed by atoms with Crippen LogP contribution in [0.3, 0.4) is 0 Å². The molecule has 1 heterocycles. The summed E-state index contributed by atoms with van der Waals surface area (Å²) in [5.41, 5.74) is 0.728. The fourth-order valence-electron chi connectivity index (χ4n) is 2.22. The highest BCUT2D eigenvalue weighted by Gasteiger charge is 2.22. The number of benzene rings is 1. The largest absolute Gasteiger partial charge is 0.494 e. The molecule has 1 N–H and O–H groups in total. The van der Waals surface area contributed by atoms with Crippen LogP contribution in [0.4, 0.5) is 4.39 Å². The Morgan fingerprint density at radius 3 is 2.81 bits per heavy atom. The Labute approximate surface area is 95.8 Å². The molecule has 2 unspecified atom stereocenters. The van der Waals surface area contributed by atoms with Crippen molar-refractivity contribution in [3.05, 3.63) is 29.6 Å². The predicted molar refractivity (Wildman–Crippen MR) is 62.1 cm³/mol. The van der Waals surface area contributed by atoms with Gasteiger partial charge in [-0.2, -0.15) is 0 Å². The number of rotatable bonds is 2. The summed E-state index contributed by atoms with van der Waals surface area (Å²) in [6.07, 6.45) is 2.14. The highest BCUT2D eigenvalue weighted by atomic mass is 19.1. The minimum atomic E-state index is -0.225. The highest BCUT2D eigenvalue weighted by molar-refractivity contribution is 5.33. The Kier molecular flexibility index (Phi) is 3.44. The van der Waals surface area contributed by atoms with Crippen LogP contribution >= 0.6 is 0 Å². The second kappa shape index (κ2) is 4.83. The van der Waals surface area contributed by atoms with E-state index >= 15 is 0 Å². The van der Waals surface area contributed by atoms with Crippen LogP contribution in [-0.2, 0) is 0 Å². The number of methoxy groups -OCH3 is 1. The smallest absolute Gasteiger partial charge is 0.169 e. The molecular weight excluding hydrogens is 205 g/mol. The summed E-state index contributed by atoms with van der Waals surface area (Å²) >= 11 is 0. The van der Waals surface area contributed by atoms with Gasteiger partial charge in [0.05, 0.1) is 7.11 Å². The van der Waals surface area contributed by atoms with Gasteiger partial charge in [0.2, 0.25) is 0 Å². The molecule has 2 rings (SSSR count). The van der Waals surface area contributed by atoms with Crippen molar-refractivity contribution in [1.29, 1.82) is 0 Å². The lowest BCUT2D eigenvalue weighted by molar-refractivity contribution is 0.321. The number of ether oxygens (including phenoxy) is 1. The standard InChI is InChI=1S/C13H18FNO/c1-9-6-7-11(15-8-9)10-4-3-5-12(16-2)13(10)14/h3-5,9,11,15H,6-8H2,1-2H3. The van der Waals surface area contributed by atoms with Gasteiger partial charge in [0.15, 0.2) is 11.6 Å². The average Bonchev–Trinajstić information content (AvgIpc) is 2.31. The van der Waals surface area contributed by atoms with Crippen LogP contribution in [0.5, 0.6) is 5.75 Å². The summed E-state index contributed by atoms with van der Waals surface area (Å²) in [6.45, 7) is 3.17. The molecule has 88 valence electrons. The van der Waals surface area contributed by atoms with Crippen LogP contribution in [0, 0.1) is 11.7 Å². The molecule has 0 amide bonds. The highest BCUT2D eigenvalue weighted by Crippen LogP contribution is 2.30. The molecule has 3 heteroatoms. The lowest BCUT2D eigenvalue weighted by Crippen LogP contribution is -2.32. The van der Waals surface area contributed by atoms with Crippen molar-refractivity contribution in [2.24, 2.45) is 5.92 Å². The van der Waals surface area contributed by atoms with Crippen molar-refractivity contribution in [2.75, 3.05) is 13.7 Å². The summed E-state index contributed by atoms with van der Waals surface area (Å²) < 4.78 is 19.0. The van der Waals surface area contributed by atoms with Crippen molar-refractivity contribution >= 4 is 0 Å². The van der Waals surface area contributed by atoms with Crippen LogP contribution in [0.25, 0.3) is 0 Å². The van der Waals surface area contributed by atoms with E-state index in [0.717, 1.165) is 24.9 Å². The van der Waals surface area contributed by atoms with Gasteiger partial charge in [0, 0.05) is 11.6 Å². The van der Waals surface area contributed by atoms with Gasteiger partial charge >= 0.3 is 0 Å². The van der Waals surface area contributed by atoms with Crippen molar-refractivity contribution in [1.82, 2.24) is 5.32 Å². The van der Waals surface area contributed by atoms with Gasteiger partial charge in [-0.3, -0.25) is 0 Å². The first-order chi connectivity index (χ1) is 7.72. The van der Waals surface area contributed by atoms with Crippen molar-refractivity contribution < 1.29 is 9.13 Å². The quantitative estimate of drug-likeness (QED) is 0.832. The Morgan fingerprint density at radius 1 is 1.38 bits per heavy atom. The monoisotopic (exact) mass is 223 g/mol. The SMILES string of the molecule is COc1cccc(C2CCC(C)CN2)c1F. The summed E-state index contributed by atoms with van der Waals surface area (Å²) in [4.78, 5) is 0. The molecule has 1 fully saturated rings. The van der Waals surface area contributed by atoms with Gasteiger partial charge in [0.1, 0.15) is 0 Å². The Balaban J connectivity index is 2.20. The number of nitrogens with one attached hydrogen (secondary N) is 1. The van der Waals surface area contributed by atoms with Gasteiger partial charge in [0.25, 0.3) is 0 Å². The third-order valence-electron chi connectivity index (χ3n) is 3.25. The first kappa shape index (κ1) is 11.4. The van der Waals surface area contributed by atoms with E-state index in [1.54, 1.807) is 6.07 Å². The number of halogens is 1. The normalized spacial score (nSPS) is 25.4. The Bertz CT molecular complexity index is 359. The number of hydrogen-bond acceptors (Lipinski definition) is 2. The molecule has 0 aliphatic carbocycles. The number of piperidine rings is 1. The van der Waals surface area contributed by atoms with E-state index in [1.807, 2.05) is 12.1 Å². The molecular formula is C13H18FNO. The topological polar surface area (TPSA) is 21.3 Å². The molecule has 0 spiro atoms. The molecule has 0 radical (unpaired) electrons. The second-order valence-electron chi connectivity index (χ2n) is 4.51. The second-order valence-corrected chi connectivity index (χ2v) is 4.51. The maximum Gasteiger partial charge on any atom is 0.169 e. The molecule has 2 atom stereocenters. The number of hydrogen-bond donors (Lipinski definition) is 1. The maximum absolute atomic E-state index is 14.0. The molecule has 1 aliphatic rings. The Hall–Kier alpha value is -1.09. The average molecular weight is 223 g/mol. The van der Waals surface area contributed by atoms with E-state index < -0.39 is 0 Å². The molecule has 0 aromatic heterocycles. The van der Waals surface area contributed by atoms with Crippen LogP contribution < -0.4 is 10.1 Å². The van der Waals surface area contributed by atoms with Crippen molar-refractivity contribution in [3.63, 3.8) is 0 Å². The zero-order valence-corrected chi connectivity index (χ0v) is 9.79. The first-order valence-corrected chi connectivity index (χ1v) is 5.78. The van der Waals surface area contributed by atoms with E-state index in [1.165, 1.54) is 7.11 Å². The zero-order valence-electron chi connectivity index (χ0n) is 9.79. The predicted octanol–water partition coefficient (Wildman–Crippen LogP) is 2.89. The maximum atomic E-state index is 14.0. The van der Waals surface area contributed by atoms with E-state index in [2.05, 4.69) is 12.2 Å². The molecule has 0 saturated carbocycles. The lowest BCUT2D eigenvalue weighted by atomic mass is 9.92. The third kappa shape index (κ3) is 2.19. The Morgan fingerprint density at radius 2 is 2.19 bits per heavy atom. The summed E-state index contributed by atoms with van der Waals surface area (Å²) in [7, 11) is 1.50. The molecule has 0 bridgehead atoms. The van der Waals surface area contributed by atoms with Gasteiger partial charge in [-0.25, -0.2) is 4.39 Å². The van der Waals surface area contributed by atoms with Gasteiger partial charge in [-0.15, -0.1) is 0 Å². The first-order valence-electron chi connectivity index (χ1n) is 5.78. The van der Waals surface area contributed by atoms with E-state index in [9.17, 15) is 4.39 Å². The van der Waals surface area contributed by atoms with Crippen LogP contribution in [0.1, 0.15) is 31.4 Å². The van der Waals surface area contributed by atoms with Gasteiger partial charge in [-0.05, 0) is 31.4 Å². The molecule has 2 nitrogen and oxygen atoms in total. The van der Waals surface area contributed by atoms with Crippen molar-refractivity contribution in [2.45, 2.75) is 25.8 Å². The molecule has 16 heavy (non-hydrogen) atoms. The lowest BCUT2D eigenvalue weighted by Gasteiger charge is -2.28. The summed E-state index contributed by atoms with van der Waals surface area (Å²) in [6, 6.07) is 5.47. The molecule has 1 saturated heterocycles. The minimum absolute atomic E-state index is 0.131. The van der Waals surface area contributed by atoms with E-state index in [0.29, 0.717) is 11.7 Å². The van der Waals surface area contributed by atoms with Crippen LogP contribution in [0.15, 0.2) is 18.2 Å². The van der Waals surface area contributed by atoms with E-state index in [-0.39, 0.29) is 11.9 Å². The fourth-order valence-corrected chi connectivity index (χ4v) is 2.22. The zero-order chi connectivity index (χ0) is 11.5.